The van der Waals surface area contributed by atoms with E-state index >= 15 is 0 Å². The van der Waals surface area contributed by atoms with Gasteiger partial charge in [-0.15, -0.1) is 0 Å². The maximum Gasteiger partial charge on any atom is 0.00982 e. The summed E-state index contributed by atoms with van der Waals surface area (Å²) in [5.41, 5.74) is 0.491. The molecule has 1 heteroatoms. The van der Waals surface area contributed by atoms with Crippen molar-refractivity contribution in [1.82, 2.24) is 4.90 Å². The van der Waals surface area contributed by atoms with Crippen LogP contribution < -0.4 is 0 Å². The third-order valence-electron chi connectivity index (χ3n) is 4.49. The minimum absolute atomic E-state index is 0.491. The van der Waals surface area contributed by atoms with Crippen molar-refractivity contribution >= 4 is 0 Å². The maximum absolute atomic E-state index is 2.84. The summed E-state index contributed by atoms with van der Waals surface area (Å²) < 4.78 is 0. The molecule has 2 aliphatic rings. The summed E-state index contributed by atoms with van der Waals surface area (Å²) in [5.74, 6) is 1.03. The Morgan fingerprint density at radius 1 is 1.12 bits per heavy atom. The fourth-order valence-corrected chi connectivity index (χ4v) is 2.75. The highest BCUT2D eigenvalue weighted by Crippen LogP contribution is 2.39. The van der Waals surface area contributed by atoms with Crippen LogP contribution in [0.25, 0.3) is 0 Å². The molecule has 0 saturated heterocycles. The van der Waals surface area contributed by atoms with Gasteiger partial charge in [0, 0.05) is 12.1 Å². The van der Waals surface area contributed by atoms with E-state index in [4.69, 9.17) is 0 Å². The zero-order valence-corrected chi connectivity index (χ0v) is 11.6. The van der Waals surface area contributed by atoms with E-state index in [1.165, 1.54) is 45.1 Å². The van der Waals surface area contributed by atoms with Crippen LogP contribution in [-0.4, -0.2) is 23.5 Å². The Bertz CT molecular complexity index is 220. The van der Waals surface area contributed by atoms with Crippen LogP contribution in [0.3, 0.4) is 0 Å². The largest absolute Gasteiger partial charge is 0.297 e. The first-order valence-electron chi connectivity index (χ1n) is 7.23. The first kappa shape index (κ1) is 12.4. The van der Waals surface area contributed by atoms with Crippen LogP contribution in [0.2, 0.25) is 0 Å². The minimum Gasteiger partial charge on any atom is -0.297 e. The average Bonchev–Trinajstić information content (AvgIpc) is 2.88. The molecular formula is C15H29N. The first-order valence-corrected chi connectivity index (χ1v) is 7.23. The highest BCUT2D eigenvalue weighted by molar-refractivity contribution is 4.91. The van der Waals surface area contributed by atoms with Gasteiger partial charge >= 0.3 is 0 Å². The van der Waals surface area contributed by atoms with Gasteiger partial charge in [0.25, 0.3) is 0 Å². The second-order valence-electron chi connectivity index (χ2n) is 7.21. The van der Waals surface area contributed by atoms with Crippen LogP contribution >= 0.6 is 0 Å². The Morgan fingerprint density at radius 2 is 1.75 bits per heavy atom. The maximum atomic E-state index is 2.84. The standard InChI is InChI=1S/C15H29N/c1-12(13-8-9-13)16(14-6-5-7-14)11-10-15(2,3)4/h12-14H,5-11H2,1-4H3. The van der Waals surface area contributed by atoms with Crippen molar-refractivity contribution in [2.24, 2.45) is 11.3 Å². The zero-order chi connectivity index (χ0) is 11.8. The quantitative estimate of drug-likeness (QED) is 0.679. The van der Waals surface area contributed by atoms with Crippen LogP contribution in [0.5, 0.6) is 0 Å². The molecule has 2 aliphatic carbocycles. The Kier molecular flexibility index (Phi) is 3.63. The van der Waals surface area contributed by atoms with Crippen LogP contribution in [-0.2, 0) is 0 Å². The molecule has 2 rings (SSSR count). The van der Waals surface area contributed by atoms with Gasteiger partial charge in [-0.05, 0) is 56.9 Å². The molecule has 0 bridgehead atoms. The summed E-state index contributed by atoms with van der Waals surface area (Å²) in [6, 6.07) is 1.78. The lowest BCUT2D eigenvalue weighted by atomic mass is 9.87. The Labute approximate surface area is 102 Å². The van der Waals surface area contributed by atoms with Crippen molar-refractivity contribution in [2.75, 3.05) is 6.54 Å². The summed E-state index contributed by atoms with van der Waals surface area (Å²) in [5, 5.41) is 0. The van der Waals surface area contributed by atoms with E-state index in [2.05, 4.69) is 32.6 Å². The third kappa shape index (κ3) is 3.23. The first-order chi connectivity index (χ1) is 7.47. The smallest absolute Gasteiger partial charge is 0.00982 e. The Hall–Kier alpha value is -0.0400. The van der Waals surface area contributed by atoms with Gasteiger partial charge in [0.1, 0.15) is 0 Å². The van der Waals surface area contributed by atoms with Crippen molar-refractivity contribution in [3.63, 3.8) is 0 Å². The second kappa shape index (κ2) is 4.68. The molecule has 2 fully saturated rings. The number of nitrogens with zero attached hydrogens (tertiary/aromatic N) is 1. The number of hydrogen-bond acceptors (Lipinski definition) is 1. The molecular weight excluding hydrogens is 194 g/mol. The molecule has 16 heavy (non-hydrogen) atoms. The SMILES string of the molecule is CC(C1CC1)N(CCC(C)(C)C)C1CCC1. The minimum atomic E-state index is 0.491. The van der Waals surface area contributed by atoms with E-state index in [9.17, 15) is 0 Å². The van der Waals surface area contributed by atoms with E-state index in [1.807, 2.05) is 0 Å². The van der Waals surface area contributed by atoms with Crippen molar-refractivity contribution < 1.29 is 0 Å². The highest BCUT2D eigenvalue weighted by atomic mass is 15.2. The van der Waals surface area contributed by atoms with Crippen molar-refractivity contribution in [3.8, 4) is 0 Å². The fraction of sp³-hybridized carbons (Fsp3) is 1.00. The molecule has 0 aromatic rings. The average molecular weight is 223 g/mol. The van der Waals surface area contributed by atoms with Crippen LogP contribution in [0.1, 0.15) is 66.2 Å². The van der Waals surface area contributed by atoms with Crippen LogP contribution in [0.15, 0.2) is 0 Å². The lowest BCUT2D eigenvalue weighted by Gasteiger charge is -2.42. The molecule has 0 heterocycles. The molecule has 1 atom stereocenters. The van der Waals surface area contributed by atoms with Crippen molar-refractivity contribution in [3.05, 3.63) is 0 Å². The van der Waals surface area contributed by atoms with Gasteiger partial charge in [0.05, 0.1) is 0 Å². The van der Waals surface area contributed by atoms with Crippen LogP contribution in [0.4, 0.5) is 0 Å². The summed E-state index contributed by atoms with van der Waals surface area (Å²) in [6.45, 7) is 10.9. The van der Waals surface area contributed by atoms with Crippen molar-refractivity contribution in [1.29, 1.82) is 0 Å². The molecule has 1 unspecified atom stereocenters. The molecule has 1 nitrogen and oxygen atoms in total. The summed E-state index contributed by atoms with van der Waals surface area (Å²) in [4.78, 5) is 2.84. The third-order valence-corrected chi connectivity index (χ3v) is 4.49. The van der Waals surface area contributed by atoms with Gasteiger partial charge in [-0.25, -0.2) is 0 Å². The predicted octanol–water partition coefficient (Wildman–Crippen LogP) is 4.08. The summed E-state index contributed by atoms with van der Waals surface area (Å²) in [7, 11) is 0. The Morgan fingerprint density at radius 3 is 2.12 bits per heavy atom. The highest BCUT2D eigenvalue weighted by Gasteiger charge is 2.37. The fourth-order valence-electron chi connectivity index (χ4n) is 2.75. The summed E-state index contributed by atoms with van der Waals surface area (Å²) in [6.07, 6.45) is 8.71. The lowest BCUT2D eigenvalue weighted by Crippen LogP contribution is -2.47. The normalized spacial score (nSPS) is 24.6. The number of hydrogen-bond donors (Lipinski definition) is 0. The monoisotopic (exact) mass is 223 g/mol. The molecule has 0 amide bonds. The lowest BCUT2D eigenvalue weighted by molar-refractivity contribution is 0.0651. The van der Waals surface area contributed by atoms with E-state index in [0.717, 1.165) is 18.0 Å². The van der Waals surface area contributed by atoms with Gasteiger partial charge in [0.15, 0.2) is 0 Å². The van der Waals surface area contributed by atoms with E-state index in [1.54, 1.807) is 0 Å². The van der Waals surface area contributed by atoms with Gasteiger partial charge < -0.3 is 0 Å². The summed E-state index contributed by atoms with van der Waals surface area (Å²) >= 11 is 0. The van der Waals surface area contributed by atoms with E-state index < -0.39 is 0 Å². The van der Waals surface area contributed by atoms with E-state index in [-0.39, 0.29) is 0 Å². The van der Waals surface area contributed by atoms with Gasteiger partial charge in [-0.1, -0.05) is 27.2 Å². The van der Waals surface area contributed by atoms with Crippen molar-refractivity contribution in [2.45, 2.75) is 78.3 Å². The predicted molar refractivity (Wildman–Crippen MR) is 70.6 cm³/mol. The molecule has 0 spiro atoms. The number of rotatable bonds is 5. The molecule has 0 aliphatic heterocycles. The molecule has 2 saturated carbocycles. The Balaban J connectivity index is 1.86. The molecule has 0 radical (unpaired) electrons. The molecule has 94 valence electrons. The van der Waals surface area contributed by atoms with Gasteiger partial charge in [0.2, 0.25) is 0 Å². The topological polar surface area (TPSA) is 3.24 Å². The van der Waals surface area contributed by atoms with E-state index in [0.29, 0.717) is 5.41 Å². The molecule has 0 N–H and O–H groups in total. The van der Waals surface area contributed by atoms with Crippen LogP contribution in [0, 0.1) is 11.3 Å². The molecule has 0 aromatic heterocycles. The van der Waals surface area contributed by atoms with Gasteiger partial charge in [-0.2, -0.15) is 0 Å². The zero-order valence-electron chi connectivity index (χ0n) is 11.6. The molecule has 0 aromatic carbocycles. The van der Waals surface area contributed by atoms with Gasteiger partial charge in [-0.3, -0.25) is 4.90 Å². The second-order valence-corrected chi connectivity index (χ2v) is 7.21.